The predicted octanol–water partition coefficient (Wildman–Crippen LogP) is 4.45. The molecule has 0 radical (unpaired) electrons. The third-order valence-corrected chi connectivity index (χ3v) is 9.28. The van der Waals surface area contributed by atoms with Crippen LogP contribution in [0.25, 0.3) is 22.2 Å². The number of ether oxygens (including phenoxy) is 1. The van der Waals surface area contributed by atoms with Crippen molar-refractivity contribution in [3.8, 4) is 11.1 Å². The molecule has 0 spiro atoms. The van der Waals surface area contributed by atoms with Crippen LogP contribution >= 0.6 is 0 Å². The number of carbonyl (C=O) groups excluding carboxylic acids is 2. The number of fused-ring (bicyclic) bond motifs is 1. The van der Waals surface area contributed by atoms with Crippen molar-refractivity contribution >= 4 is 22.8 Å². The Labute approximate surface area is 264 Å². The second-order valence-electron chi connectivity index (χ2n) is 12.2. The Kier molecular flexibility index (Phi) is 9.09. The standard InChI is InChI=1S/C36H41N5O4/c1-25-19-31-32(20-26(25)2)41(34(42)22-37-31)24-35(43)38(3)33(23-39-15-17-45-18-16-39)28-11-9-27(10-12-28)29-7-6-8-30(21-29)36(44)40-13-4-5-14-40/h6-12,19-22,33H,4-5,13-18,23-24H2,1-3H3. The summed E-state index contributed by atoms with van der Waals surface area (Å²) in [4.78, 5) is 50.2. The molecule has 234 valence electrons. The summed E-state index contributed by atoms with van der Waals surface area (Å²) in [6.45, 7) is 9.12. The maximum Gasteiger partial charge on any atom is 0.269 e. The lowest BCUT2D eigenvalue weighted by molar-refractivity contribution is -0.133. The number of rotatable bonds is 8. The average molecular weight is 608 g/mol. The molecular weight excluding hydrogens is 566 g/mol. The number of amides is 2. The van der Waals surface area contributed by atoms with E-state index in [1.807, 2.05) is 62.2 Å². The van der Waals surface area contributed by atoms with Crippen molar-refractivity contribution in [1.29, 1.82) is 0 Å². The number of likely N-dealkylation sites (N-methyl/N-ethyl adjacent to an activating group) is 1. The summed E-state index contributed by atoms with van der Waals surface area (Å²) in [7, 11) is 1.82. The average Bonchev–Trinajstić information content (AvgIpc) is 3.61. The van der Waals surface area contributed by atoms with E-state index in [-0.39, 0.29) is 30.0 Å². The number of morpholine rings is 1. The number of carbonyl (C=O) groups is 2. The van der Waals surface area contributed by atoms with Crippen molar-refractivity contribution in [3.63, 3.8) is 0 Å². The SMILES string of the molecule is Cc1cc2ncc(=O)n(CC(=O)N(C)C(CN3CCOCC3)c3ccc(-c4cccc(C(=O)N5CCCC5)c4)cc3)c2cc1C. The van der Waals surface area contributed by atoms with Crippen LogP contribution in [-0.2, 0) is 16.1 Å². The van der Waals surface area contributed by atoms with E-state index < -0.39 is 0 Å². The Morgan fingerprint density at radius 2 is 1.62 bits per heavy atom. The molecule has 2 saturated heterocycles. The Morgan fingerprint density at radius 1 is 0.911 bits per heavy atom. The highest BCUT2D eigenvalue weighted by atomic mass is 16.5. The summed E-state index contributed by atoms with van der Waals surface area (Å²) in [5, 5.41) is 0. The number of benzene rings is 3. The number of nitrogens with zero attached hydrogens (tertiary/aromatic N) is 5. The first kappa shape index (κ1) is 30.7. The van der Waals surface area contributed by atoms with Crippen LogP contribution in [0.4, 0.5) is 0 Å². The third-order valence-electron chi connectivity index (χ3n) is 9.28. The van der Waals surface area contributed by atoms with Crippen LogP contribution in [0.3, 0.4) is 0 Å². The van der Waals surface area contributed by atoms with E-state index in [2.05, 4.69) is 34.1 Å². The lowest BCUT2D eigenvalue weighted by Gasteiger charge is -2.35. The van der Waals surface area contributed by atoms with Gasteiger partial charge in [0.05, 0.1) is 36.5 Å². The molecule has 9 heteroatoms. The Morgan fingerprint density at radius 3 is 2.36 bits per heavy atom. The van der Waals surface area contributed by atoms with Crippen molar-refractivity contribution in [2.24, 2.45) is 0 Å². The van der Waals surface area contributed by atoms with Crippen LogP contribution in [0.15, 0.2) is 71.7 Å². The van der Waals surface area contributed by atoms with Crippen LogP contribution in [0.1, 0.15) is 45.9 Å². The second kappa shape index (κ2) is 13.3. The van der Waals surface area contributed by atoms with Crippen LogP contribution in [0, 0.1) is 13.8 Å². The van der Waals surface area contributed by atoms with Gasteiger partial charge in [-0.05, 0) is 78.8 Å². The van der Waals surface area contributed by atoms with Gasteiger partial charge in [0.15, 0.2) is 0 Å². The van der Waals surface area contributed by atoms with Gasteiger partial charge in [-0.3, -0.25) is 23.9 Å². The Balaban J connectivity index is 1.26. The molecule has 45 heavy (non-hydrogen) atoms. The van der Waals surface area contributed by atoms with Crippen LogP contribution < -0.4 is 5.56 Å². The molecule has 9 nitrogen and oxygen atoms in total. The van der Waals surface area contributed by atoms with Gasteiger partial charge in [-0.15, -0.1) is 0 Å². The molecular formula is C36H41N5O4. The van der Waals surface area contributed by atoms with Gasteiger partial charge in [0.1, 0.15) is 6.54 Å². The van der Waals surface area contributed by atoms with Crippen LogP contribution in [0.5, 0.6) is 0 Å². The Hall–Kier alpha value is -4.34. The Bertz CT molecular complexity index is 1750. The molecule has 1 unspecified atom stereocenters. The predicted molar refractivity (Wildman–Crippen MR) is 175 cm³/mol. The fourth-order valence-electron chi connectivity index (χ4n) is 6.31. The van der Waals surface area contributed by atoms with E-state index >= 15 is 0 Å². The molecule has 0 bridgehead atoms. The van der Waals surface area contributed by atoms with Gasteiger partial charge < -0.3 is 14.5 Å². The van der Waals surface area contributed by atoms with Crippen molar-refractivity contribution in [3.05, 3.63) is 99.5 Å². The lowest BCUT2D eigenvalue weighted by atomic mass is 9.98. The normalized spacial score (nSPS) is 16.2. The van der Waals surface area contributed by atoms with Crippen molar-refractivity contribution < 1.29 is 14.3 Å². The van der Waals surface area contributed by atoms with Crippen molar-refractivity contribution in [2.45, 2.75) is 39.3 Å². The van der Waals surface area contributed by atoms with E-state index in [0.29, 0.717) is 36.4 Å². The van der Waals surface area contributed by atoms with E-state index in [0.717, 1.165) is 66.8 Å². The second-order valence-corrected chi connectivity index (χ2v) is 12.2. The minimum atomic E-state index is -0.299. The molecule has 1 aromatic heterocycles. The number of aromatic nitrogens is 2. The summed E-state index contributed by atoms with van der Waals surface area (Å²) >= 11 is 0. The maximum atomic E-state index is 13.9. The quantitative estimate of drug-likeness (QED) is 0.294. The first-order valence-corrected chi connectivity index (χ1v) is 15.8. The van der Waals surface area contributed by atoms with Gasteiger partial charge in [0, 0.05) is 45.3 Å². The fraction of sp³-hybridized carbons (Fsp3) is 0.389. The topological polar surface area (TPSA) is 88.0 Å². The molecule has 6 rings (SSSR count). The molecule has 2 amide bonds. The molecule has 0 aliphatic carbocycles. The maximum absolute atomic E-state index is 13.9. The van der Waals surface area contributed by atoms with E-state index in [4.69, 9.17) is 4.74 Å². The summed E-state index contributed by atoms with van der Waals surface area (Å²) in [5.41, 5.74) is 6.88. The number of aryl methyl sites for hydroxylation is 2. The summed E-state index contributed by atoms with van der Waals surface area (Å²) in [6, 6.07) is 19.7. The van der Waals surface area contributed by atoms with Gasteiger partial charge >= 0.3 is 0 Å². The summed E-state index contributed by atoms with van der Waals surface area (Å²) in [6.07, 6.45) is 3.41. The molecule has 0 N–H and O–H groups in total. The largest absolute Gasteiger partial charge is 0.379 e. The van der Waals surface area contributed by atoms with Gasteiger partial charge in [-0.2, -0.15) is 0 Å². The summed E-state index contributed by atoms with van der Waals surface area (Å²) in [5.74, 6) is -0.0682. The zero-order valence-electron chi connectivity index (χ0n) is 26.4. The first-order valence-electron chi connectivity index (χ1n) is 15.8. The minimum Gasteiger partial charge on any atom is -0.379 e. The molecule has 3 aromatic carbocycles. The van der Waals surface area contributed by atoms with Gasteiger partial charge in [-0.1, -0.05) is 36.4 Å². The van der Waals surface area contributed by atoms with Crippen molar-refractivity contribution in [1.82, 2.24) is 24.3 Å². The molecule has 4 aromatic rings. The highest BCUT2D eigenvalue weighted by molar-refractivity contribution is 5.95. The molecule has 2 aliphatic rings. The monoisotopic (exact) mass is 607 g/mol. The van der Waals surface area contributed by atoms with E-state index in [1.54, 1.807) is 4.90 Å². The highest BCUT2D eigenvalue weighted by Crippen LogP contribution is 2.28. The van der Waals surface area contributed by atoms with E-state index in [1.165, 1.54) is 10.8 Å². The number of hydrogen-bond acceptors (Lipinski definition) is 6. The van der Waals surface area contributed by atoms with Gasteiger partial charge in [-0.25, -0.2) is 4.98 Å². The third kappa shape index (κ3) is 6.70. The smallest absolute Gasteiger partial charge is 0.269 e. The fourth-order valence-corrected chi connectivity index (χ4v) is 6.31. The van der Waals surface area contributed by atoms with Crippen molar-refractivity contribution in [2.75, 3.05) is 53.0 Å². The van der Waals surface area contributed by atoms with Crippen LogP contribution in [0.2, 0.25) is 0 Å². The van der Waals surface area contributed by atoms with Gasteiger partial charge in [0.25, 0.3) is 11.5 Å². The molecule has 2 aliphatic heterocycles. The zero-order chi connectivity index (χ0) is 31.5. The first-order chi connectivity index (χ1) is 21.8. The number of hydrogen-bond donors (Lipinski definition) is 0. The lowest BCUT2D eigenvalue weighted by Crippen LogP contribution is -2.45. The summed E-state index contributed by atoms with van der Waals surface area (Å²) < 4.78 is 7.10. The van der Waals surface area contributed by atoms with Crippen LogP contribution in [-0.4, -0.2) is 89.1 Å². The number of likely N-dealkylation sites (tertiary alicyclic amines) is 1. The molecule has 1 atom stereocenters. The molecule has 3 heterocycles. The van der Waals surface area contributed by atoms with Gasteiger partial charge in [0.2, 0.25) is 5.91 Å². The molecule has 0 saturated carbocycles. The molecule has 2 fully saturated rings. The zero-order valence-corrected chi connectivity index (χ0v) is 26.4. The minimum absolute atomic E-state index is 0.0770. The van der Waals surface area contributed by atoms with E-state index in [9.17, 15) is 14.4 Å². The highest BCUT2D eigenvalue weighted by Gasteiger charge is 2.26.